The van der Waals surface area contributed by atoms with Crippen molar-refractivity contribution in [1.29, 1.82) is 0 Å². The van der Waals surface area contributed by atoms with Crippen LogP contribution in [0.4, 0.5) is 5.69 Å². The first kappa shape index (κ1) is 21.0. The van der Waals surface area contributed by atoms with Crippen LogP contribution in [0.3, 0.4) is 0 Å². The van der Waals surface area contributed by atoms with Gasteiger partial charge < -0.3 is 35.2 Å². The molecule has 0 bridgehead atoms. The summed E-state index contributed by atoms with van der Waals surface area (Å²) in [6.07, 6.45) is -5.69. The van der Waals surface area contributed by atoms with E-state index in [4.69, 9.17) is 21.1 Å². The molecule has 5 N–H and O–H groups in total. The van der Waals surface area contributed by atoms with Gasteiger partial charge in [-0.3, -0.25) is 4.79 Å². The van der Waals surface area contributed by atoms with Crippen LogP contribution in [0.15, 0.2) is 36.4 Å². The highest BCUT2D eigenvalue weighted by Crippen LogP contribution is 2.35. The van der Waals surface area contributed by atoms with E-state index in [1.54, 1.807) is 24.3 Å². The predicted molar refractivity (Wildman–Crippen MR) is 108 cm³/mol. The lowest BCUT2D eigenvalue weighted by molar-refractivity contribution is -0.231. The summed E-state index contributed by atoms with van der Waals surface area (Å²) in [5, 5.41) is 43.1. The van der Waals surface area contributed by atoms with Crippen LogP contribution >= 0.6 is 11.6 Å². The number of nitrogens with one attached hydrogen (secondary N) is 1. The second kappa shape index (κ2) is 8.50. The molecular weight excluding hydrogens is 414 g/mol. The van der Waals surface area contributed by atoms with Gasteiger partial charge in [-0.25, -0.2) is 0 Å². The third kappa shape index (κ3) is 4.02. The molecule has 30 heavy (non-hydrogen) atoms. The highest BCUT2D eigenvalue weighted by atomic mass is 35.5. The van der Waals surface area contributed by atoms with Crippen molar-refractivity contribution in [2.75, 3.05) is 18.5 Å². The van der Waals surface area contributed by atoms with Gasteiger partial charge in [0.05, 0.1) is 12.3 Å². The van der Waals surface area contributed by atoms with E-state index in [9.17, 15) is 25.2 Å². The minimum absolute atomic E-state index is 0.0379. The number of anilines is 1. The Kier molecular flexibility index (Phi) is 5.97. The van der Waals surface area contributed by atoms with Crippen molar-refractivity contribution in [3.63, 3.8) is 0 Å². The van der Waals surface area contributed by atoms with Crippen molar-refractivity contribution >= 4 is 23.2 Å². The zero-order chi connectivity index (χ0) is 21.4. The molecule has 2 aliphatic rings. The number of aliphatic hydroxyl groups is 4. The first-order chi connectivity index (χ1) is 14.4. The Hall–Kier alpha value is -2.20. The fourth-order valence-corrected chi connectivity index (χ4v) is 3.92. The Balaban J connectivity index is 1.59. The van der Waals surface area contributed by atoms with Gasteiger partial charge in [-0.15, -0.1) is 0 Å². The molecule has 4 rings (SSSR count). The summed E-state index contributed by atoms with van der Waals surface area (Å²) in [5.74, 6) is 0.374. The molecule has 2 aromatic carbocycles. The van der Waals surface area contributed by atoms with Crippen LogP contribution in [-0.4, -0.2) is 64.0 Å². The lowest BCUT2D eigenvalue weighted by Gasteiger charge is -2.40. The Morgan fingerprint density at radius 1 is 1.07 bits per heavy atom. The van der Waals surface area contributed by atoms with Crippen molar-refractivity contribution in [3.05, 3.63) is 58.1 Å². The Labute approximate surface area is 177 Å². The third-order valence-electron chi connectivity index (χ3n) is 5.36. The number of hydrogen-bond donors (Lipinski definition) is 5. The smallest absolute Gasteiger partial charge is 0.262 e. The summed E-state index contributed by atoms with van der Waals surface area (Å²) >= 11 is 6.37. The largest absolute Gasteiger partial charge is 0.482 e. The van der Waals surface area contributed by atoms with E-state index < -0.39 is 37.1 Å². The fraction of sp³-hybridized carbons (Fsp3) is 0.381. The van der Waals surface area contributed by atoms with E-state index in [-0.39, 0.29) is 12.5 Å². The van der Waals surface area contributed by atoms with Crippen LogP contribution < -0.4 is 10.1 Å². The number of hydrogen-bond acceptors (Lipinski definition) is 7. The quantitative estimate of drug-likeness (QED) is 0.480. The van der Waals surface area contributed by atoms with E-state index in [1.165, 1.54) is 0 Å². The number of aliphatic hydroxyl groups excluding tert-OH is 4. The summed E-state index contributed by atoms with van der Waals surface area (Å²) in [6.45, 7) is -0.530. The third-order valence-corrected chi connectivity index (χ3v) is 5.73. The molecule has 5 atom stereocenters. The Morgan fingerprint density at radius 2 is 1.87 bits per heavy atom. The molecule has 1 saturated heterocycles. The highest BCUT2D eigenvalue weighted by molar-refractivity contribution is 6.31. The topological polar surface area (TPSA) is 128 Å². The molecule has 2 aliphatic heterocycles. The molecule has 0 radical (unpaired) electrons. The maximum absolute atomic E-state index is 11.4. The van der Waals surface area contributed by atoms with Gasteiger partial charge in [0, 0.05) is 5.02 Å². The van der Waals surface area contributed by atoms with Crippen LogP contribution in [0, 0.1) is 0 Å². The van der Waals surface area contributed by atoms with Gasteiger partial charge in [0.1, 0.15) is 36.3 Å². The fourth-order valence-electron chi connectivity index (χ4n) is 3.73. The molecule has 0 spiro atoms. The number of benzene rings is 2. The first-order valence-electron chi connectivity index (χ1n) is 9.52. The van der Waals surface area contributed by atoms with Crippen LogP contribution in [-0.2, 0) is 16.0 Å². The van der Waals surface area contributed by atoms with Crippen LogP contribution in [0.1, 0.15) is 22.8 Å². The minimum Gasteiger partial charge on any atom is -0.482 e. The van der Waals surface area contributed by atoms with Gasteiger partial charge in [-0.1, -0.05) is 29.8 Å². The Morgan fingerprint density at radius 3 is 2.63 bits per heavy atom. The summed E-state index contributed by atoms with van der Waals surface area (Å²) in [7, 11) is 0. The van der Waals surface area contributed by atoms with Crippen molar-refractivity contribution in [2.45, 2.75) is 36.9 Å². The van der Waals surface area contributed by atoms with Crippen LogP contribution in [0.5, 0.6) is 5.75 Å². The average Bonchev–Trinajstić information content (AvgIpc) is 2.74. The van der Waals surface area contributed by atoms with Gasteiger partial charge in [-0.05, 0) is 41.3 Å². The number of carbonyl (C=O) groups excluding carboxylic acids is 1. The summed E-state index contributed by atoms with van der Waals surface area (Å²) in [6, 6.07) is 10.5. The van der Waals surface area contributed by atoms with Crippen LogP contribution in [0.2, 0.25) is 5.02 Å². The number of amides is 1. The van der Waals surface area contributed by atoms with Gasteiger partial charge >= 0.3 is 0 Å². The molecular formula is C21H22ClNO7. The SMILES string of the molecule is O=C1COc2cc(Cc3cc([C@@H]4O[C@H](CO)[C@@H](O)[C@H](O)[C@H]4O)ccc3Cl)ccc2N1. The van der Waals surface area contributed by atoms with E-state index in [0.717, 1.165) is 11.1 Å². The van der Waals surface area contributed by atoms with E-state index >= 15 is 0 Å². The maximum Gasteiger partial charge on any atom is 0.262 e. The van der Waals surface area contributed by atoms with Crippen molar-refractivity contribution in [1.82, 2.24) is 0 Å². The van der Waals surface area contributed by atoms with Gasteiger partial charge in [0.25, 0.3) is 5.91 Å². The number of rotatable bonds is 4. The van der Waals surface area contributed by atoms with Gasteiger partial charge in [0.2, 0.25) is 0 Å². The molecule has 0 aromatic heterocycles. The predicted octanol–water partition coefficient (Wildman–Crippen LogP) is 0.777. The number of carbonyl (C=O) groups is 1. The minimum atomic E-state index is -1.45. The lowest BCUT2D eigenvalue weighted by Crippen LogP contribution is -2.55. The normalized spacial score (nSPS) is 28.4. The monoisotopic (exact) mass is 435 g/mol. The molecule has 160 valence electrons. The van der Waals surface area contributed by atoms with E-state index in [0.29, 0.717) is 28.4 Å². The highest BCUT2D eigenvalue weighted by Gasteiger charge is 2.44. The standard InChI is InChI=1S/C21H22ClNO7/c22-13-3-2-11(21-20(28)19(27)18(26)16(8-24)30-21)7-12(13)5-10-1-4-14-15(6-10)29-9-17(25)23-14/h1-4,6-7,16,18-21,24,26-28H,5,8-9H2,(H,23,25)/t16-,18-,19+,20-,21+/m1/s1. The molecule has 0 unspecified atom stereocenters. The average molecular weight is 436 g/mol. The molecule has 0 saturated carbocycles. The summed E-state index contributed by atoms with van der Waals surface area (Å²) in [4.78, 5) is 11.4. The molecule has 2 aromatic rings. The zero-order valence-corrected chi connectivity index (χ0v) is 16.6. The van der Waals surface area contributed by atoms with Crippen LogP contribution in [0.25, 0.3) is 0 Å². The zero-order valence-electron chi connectivity index (χ0n) is 15.9. The number of fused-ring (bicyclic) bond motifs is 1. The van der Waals surface area contributed by atoms with E-state index in [2.05, 4.69) is 5.32 Å². The van der Waals surface area contributed by atoms with Crippen molar-refractivity contribution in [2.24, 2.45) is 0 Å². The molecule has 9 heteroatoms. The van der Waals surface area contributed by atoms with Crippen molar-refractivity contribution < 1.29 is 34.7 Å². The number of halogens is 1. The molecule has 1 fully saturated rings. The lowest BCUT2D eigenvalue weighted by atomic mass is 9.90. The first-order valence-corrected chi connectivity index (χ1v) is 9.89. The van der Waals surface area contributed by atoms with Crippen molar-refractivity contribution in [3.8, 4) is 5.75 Å². The van der Waals surface area contributed by atoms with Gasteiger partial charge in [0.15, 0.2) is 6.61 Å². The molecule has 8 nitrogen and oxygen atoms in total. The molecule has 1 amide bonds. The maximum atomic E-state index is 11.4. The molecule has 0 aliphatic carbocycles. The van der Waals surface area contributed by atoms with E-state index in [1.807, 2.05) is 12.1 Å². The summed E-state index contributed by atoms with van der Waals surface area (Å²) < 4.78 is 11.1. The van der Waals surface area contributed by atoms with Gasteiger partial charge in [-0.2, -0.15) is 0 Å². The molecule has 2 heterocycles. The second-order valence-corrected chi connectivity index (χ2v) is 7.85. The second-order valence-electron chi connectivity index (χ2n) is 7.44. The number of ether oxygens (including phenoxy) is 2. The summed E-state index contributed by atoms with van der Waals surface area (Å²) in [5.41, 5.74) is 2.83. The Bertz CT molecular complexity index is 951.